The van der Waals surface area contributed by atoms with Crippen LogP contribution in [0.1, 0.15) is 0 Å². The van der Waals surface area contributed by atoms with Crippen molar-refractivity contribution in [2.24, 2.45) is 0 Å². The largest absolute Gasteiger partial charge is 0.492 e. The van der Waals surface area contributed by atoms with Gasteiger partial charge in [0.15, 0.2) is 0 Å². The van der Waals surface area contributed by atoms with Crippen molar-refractivity contribution < 1.29 is 13.2 Å². The van der Waals surface area contributed by atoms with Crippen molar-refractivity contribution in [1.29, 1.82) is 0 Å². The average Bonchev–Trinajstić information content (AvgIpc) is 2.59. The van der Waals surface area contributed by atoms with Gasteiger partial charge in [-0.25, -0.2) is 13.1 Å². The third-order valence-electron chi connectivity index (χ3n) is 3.36. The van der Waals surface area contributed by atoms with Crippen LogP contribution in [0.5, 0.6) is 5.75 Å². The summed E-state index contributed by atoms with van der Waals surface area (Å²) in [5.74, 6) is 0.668. The van der Waals surface area contributed by atoms with Crippen LogP contribution in [0.15, 0.2) is 65.7 Å². The molecule has 3 aromatic rings. The minimum Gasteiger partial charge on any atom is -0.492 e. The molecular formula is C17H15ClN2O3S. The predicted molar refractivity (Wildman–Crippen MR) is 93.9 cm³/mol. The molecule has 0 spiro atoms. The highest BCUT2D eigenvalue weighted by Gasteiger charge is 2.12. The Balaban J connectivity index is 1.56. The minimum atomic E-state index is -3.56. The van der Waals surface area contributed by atoms with Crippen LogP contribution >= 0.6 is 11.6 Å². The van der Waals surface area contributed by atoms with Gasteiger partial charge < -0.3 is 4.74 Å². The normalized spacial score (nSPS) is 11.5. The Morgan fingerprint density at radius 3 is 2.67 bits per heavy atom. The number of benzene rings is 2. The van der Waals surface area contributed by atoms with E-state index in [0.29, 0.717) is 10.8 Å². The summed E-state index contributed by atoms with van der Waals surface area (Å²) in [6.07, 6.45) is 1.73. The molecule has 1 heterocycles. The van der Waals surface area contributed by atoms with Gasteiger partial charge in [0.25, 0.3) is 0 Å². The van der Waals surface area contributed by atoms with E-state index in [9.17, 15) is 8.42 Å². The number of nitrogens with zero attached hydrogens (tertiary/aromatic N) is 1. The molecule has 0 radical (unpaired) electrons. The fourth-order valence-electron chi connectivity index (χ4n) is 2.19. The van der Waals surface area contributed by atoms with Gasteiger partial charge in [-0.2, -0.15) is 0 Å². The molecule has 0 bridgehead atoms. The Morgan fingerprint density at radius 2 is 1.88 bits per heavy atom. The lowest BCUT2D eigenvalue weighted by molar-refractivity contribution is 0.323. The zero-order chi connectivity index (χ0) is 17.0. The van der Waals surface area contributed by atoms with Crippen molar-refractivity contribution in [3.05, 3.63) is 65.8 Å². The van der Waals surface area contributed by atoms with Gasteiger partial charge in [-0.15, -0.1) is 0 Å². The van der Waals surface area contributed by atoms with E-state index in [4.69, 9.17) is 16.3 Å². The summed E-state index contributed by atoms with van der Waals surface area (Å²) in [4.78, 5) is 4.40. The first-order valence-corrected chi connectivity index (χ1v) is 9.13. The number of hydrogen-bond donors (Lipinski definition) is 1. The molecule has 124 valence electrons. The Morgan fingerprint density at radius 1 is 1.08 bits per heavy atom. The zero-order valence-corrected chi connectivity index (χ0v) is 14.2. The van der Waals surface area contributed by atoms with Crippen LogP contribution in [0.4, 0.5) is 0 Å². The summed E-state index contributed by atoms with van der Waals surface area (Å²) in [7, 11) is -3.56. The maximum Gasteiger partial charge on any atom is 0.240 e. The molecule has 0 aliphatic heterocycles. The molecule has 2 aromatic carbocycles. The van der Waals surface area contributed by atoms with E-state index in [1.165, 1.54) is 24.3 Å². The van der Waals surface area contributed by atoms with Crippen LogP contribution in [0.2, 0.25) is 5.02 Å². The lowest BCUT2D eigenvalue weighted by Gasteiger charge is -2.09. The van der Waals surface area contributed by atoms with Crippen molar-refractivity contribution in [1.82, 2.24) is 9.71 Å². The van der Waals surface area contributed by atoms with Crippen LogP contribution in [0.25, 0.3) is 10.9 Å². The van der Waals surface area contributed by atoms with E-state index in [0.717, 1.165) is 10.9 Å². The fourth-order valence-corrected chi connectivity index (χ4v) is 3.32. The van der Waals surface area contributed by atoms with Crippen molar-refractivity contribution in [3.8, 4) is 5.75 Å². The maximum atomic E-state index is 12.1. The van der Waals surface area contributed by atoms with E-state index in [1.54, 1.807) is 6.20 Å². The highest BCUT2D eigenvalue weighted by molar-refractivity contribution is 7.89. The fraction of sp³-hybridized carbons (Fsp3) is 0.118. The number of sulfonamides is 1. The molecule has 0 saturated carbocycles. The van der Waals surface area contributed by atoms with Crippen molar-refractivity contribution in [3.63, 3.8) is 0 Å². The van der Waals surface area contributed by atoms with E-state index in [-0.39, 0.29) is 18.0 Å². The molecule has 0 amide bonds. The van der Waals surface area contributed by atoms with Gasteiger partial charge >= 0.3 is 0 Å². The molecule has 1 aromatic heterocycles. The Kier molecular flexibility index (Phi) is 4.99. The molecule has 3 rings (SSSR count). The summed E-state index contributed by atoms with van der Waals surface area (Å²) in [6.45, 7) is 0.384. The summed E-state index contributed by atoms with van der Waals surface area (Å²) in [6, 6.07) is 15.3. The first-order chi connectivity index (χ1) is 11.5. The Bertz CT molecular complexity index is 943. The maximum absolute atomic E-state index is 12.1. The third-order valence-corrected chi connectivity index (χ3v) is 5.09. The molecule has 0 fully saturated rings. The van der Waals surface area contributed by atoms with Gasteiger partial charge in [-0.1, -0.05) is 17.7 Å². The number of aromatic nitrogens is 1. The second-order valence-electron chi connectivity index (χ2n) is 5.06. The van der Waals surface area contributed by atoms with Gasteiger partial charge in [-0.05, 0) is 48.5 Å². The van der Waals surface area contributed by atoms with Crippen LogP contribution in [0, 0.1) is 0 Å². The highest BCUT2D eigenvalue weighted by atomic mass is 35.5. The topological polar surface area (TPSA) is 68.3 Å². The molecule has 24 heavy (non-hydrogen) atoms. The quantitative estimate of drug-likeness (QED) is 0.683. The SMILES string of the molecule is O=S(=O)(NCCOc1ccc2ncccc2c1)c1ccc(Cl)cc1. The Labute approximate surface area is 145 Å². The van der Waals surface area contributed by atoms with E-state index >= 15 is 0 Å². The molecular weight excluding hydrogens is 348 g/mol. The minimum absolute atomic E-state index is 0.163. The molecule has 0 saturated heterocycles. The van der Waals surface area contributed by atoms with Gasteiger partial charge in [-0.3, -0.25) is 4.98 Å². The second kappa shape index (κ2) is 7.17. The number of nitrogens with one attached hydrogen (secondary N) is 1. The van der Waals surface area contributed by atoms with Gasteiger partial charge in [0.2, 0.25) is 10.0 Å². The number of rotatable bonds is 6. The number of pyridine rings is 1. The van der Waals surface area contributed by atoms with Crippen LogP contribution in [0.3, 0.4) is 0 Å². The zero-order valence-electron chi connectivity index (χ0n) is 12.6. The number of halogens is 1. The van der Waals surface area contributed by atoms with E-state index in [2.05, 4.69) is 9.71 Å². The van der Waals surface area contributed by atoms with Gasteiger partial charge in [0.1, 0.15) is 12.4 Å². The lowest BCUT2D eigenvalue weighted by Crippen LogP contribution is -2.28. The molecule has 0 aliphatic rings. The van der Waals surface area contributed by atoms with Crippen molar-refractivity contribution in [2.75, 3.05) is 13.2 Å². The molecule has 5 nitrogen and oxygen atoms in total. The number of fused-ring (bicyclic) bond motifs is 1. The molecule has 0 aliphatic carbocycles. The summed E-state index contributed by atoms with van der Waals surface area (Å²) in [5, 5.41) is 1.46. The van der Waals surface area contributed by atoms with Crippen molar-refractivity contribution in [2.45, 2.75) is 4.90 Å². The monoisotopic (exact) mass is 362 g/mol. The first kappa shape index (κ1) is 16.7. The predicted octanol–water partition coefficient (Wildman–Crippen LogP) is 3.25. The summed E-state index contributed by atoms with van der Waals surface area (Å²) in [5.41, 5.74) is 0.883. The molecule has 7 heteroatoms. The summed E-state index contributed by atoms with van der Waals surface area (Å²) >= 11 is 5.76. The molecule has 0 unspecified atom stereocenters. The standard InChI is InChI=1S/C17H15ClN2O3S/c18-14-3-6-16(7-4-14)24(21,22)20-10-11-23-15-5-8-17-13(12-15)2-1-9-19-17/h1-9,12,20H,10-11H2. The van der Waals surface area contributed by atoms with E-state index < -0.39 is 10.0 Å². The smallest absolute Gasteiger partial charge is 0.240 e. The van der Waals surface area contributed by atoms with Crippen LogP contribution in [-0.4, -0.2) is 26.6 Å². The van der Waals surface area contributed by atoms with Crippen molar-refractivity contribution >= 4 is 32.5 Å². The first-order valence-electron chi connectivity index (χ1n) is 7.27. The number of hydrogen-bond acceptors (Lipinski definition) is 4. The van der Waals surface area contributed by atoms with Crippen LogP contribution < -0.4 is 9.46 Å². The third kappa shape index (κ3) is 4.03. The number of ether oxygens (including phenoxy) is 1. The van der Waals surface area contributed by atoms with Gasteiger partial charge in [0.05, 0.1) is 10.4 Å². The molecule has 1 N–H and O–H groups in total. The van der Waals surface area contributed by atoms with Gasteiger partial charge in [0, 0.05) is 23.2 Å². The summed E-state index contributed by atoms with van der Waals surface area (Å²) < 4.78 is 32.3. The lowest BCUT2D eigenvalue weighted by atomic mass is 10.2. The highest BCUT2D eigenvalue weighted by Crippen LogP contribution is 2.19. The Hall–Kier alpha value is -2.15. The second-order valence-corrected chi connectivity index (χ2v) is 7.26. The van der Waals surface area contributed by atoms with E-state index in [1.807, 2.05) is 30.3 Å². The van der Waals surface area contributed by atoms with Crippen LogP contribution in [-0.2, 0) is 10.0 Å². The molecule has 0 atom stereocenters. The average molecular weight is 363 g/mol.